The number of amides is 2. The second-order valence-corrected chi connectivity index (χ2v) is 9.26. The van der Waals surface area contributed by atoms with Crippen LogP contribution in [0.25, 0.3) is 0 Å². The van der Waals surface area contributed by atoms with Gasteiger partial charge in [0, 0.05) is 11.3 Å². The SMILES string of the molecule is Cc1ccc(NS(=O)(=O)c2cc(C(=O)NNC(=O)C(C)Oc3ccc(F)cc3)ccc2C)cc1. The summed E-state index contributed by atoms with van der Waals surface area (Å²) in [6, 6.07) is 16.1. The van der Waals surface area contributed by atoms with Crippen LogP contribution in [-0.4, -0.2) is 26.3 Å². The standard InChI is InChI=1S/C24H24FN3O5S/c1-15-4-10-20(11-5-15)28-34(31,32)22-14-18(7-6-16(22)2)24(30)27-26-23(29)17(3)33-21-12-8-19(25)9-13-21/h4-14,17,28H,1-3H3,(H,26,29)(H,27,30). The van der Waals surface area contributed by atoms with Gasteiger partial charge in [0.1, 0.15) is 11.6 Å². The van der Waals surface area contributed by atoms with Gasteiger partial charge >= 0.3 is 0 Å². The lowest BCUT2D eigenvalue weighted by Crippen LogP contribution is -2.47. The molecule has 1 unspecified atom stereocenters. The number of ether oxygens (including phenoxy) is 1. The molecule has 0 radical (unpaired) electrons. The van der Waals surface area contributed by atoms with E-state index in [4.69, 9.17) is 4.74 Å². The van der Waals surface area contributed by atoms with Crippen LogP contribution >= 0.6 is 0 Å². The molecule has 1 atom stereocenters. The van der Waals surface area contributed by atoms with Crippen LogP contribution in [0.4, 0.5) is 10.1 Å². The number of carbonyl (C=O) groups is 2. The maximum Gasteiger partial charge on any atom is 0.279 e. The average molecular weight is 486 g/mol. The van der Waals surface area contributed by atoms with Crippen molar-refractivity contribution in [1.29, 1.82) is 0 Å². The van der Waals surface area contributed by atoms with Gasteiger partial charge in [-0.15, -0.1) is 0 Å². The number of hydrogen-bond acceptors (Lipinski definition) is 5. The fourth-order valence-corrected chi connectivity index (χ4v) is 4.26. The van der Waals surface area contributed by atoms with Crippen molar-refractivity contribution < 1.29 is 27.1 Å². The third kappa shape index (κ3) is 6.32. The first-order valence-corrected chi connectivity index (χ1v) is 11.8. The number of halogens is 1. The molecular weight excluding hydrogens is 461 g/mol. The topological polar surface area (TPSA) is 114 Å². The largest absolute Gasteiger partial charge is 0.481 e. The van der Waals surface area contributed by atoms with Gasteiger partial charge in [-0.05, 0) is 74.9 Å². The predicted octanol–water partition coefficient (Wildman–Crippen LogP) is 3.47. The average Bonchev–Trinajstić information content (AvgIpc) is 2.80. The van der Waals surface area contributed by atoms with E-state index in [-0.39, 0.29) is 16.2 Å². The molecule has 0 aromatic heterocycles. The van der Waals surface area contributed by atoms with Crippen LogP contribution in [-0.2, 0) is 14.8 Å². The fourth-order valence-electron chi connectivity index (χ4n) is 2.93. The van der Waals surface area contributed by atoms with Crippen LogP contribution in [0.15, 0.2) is 71.6 Å². The monoisotopic (exact) mass is 485 g/mol. The van der Waals surface area contributed by atoms with E-state index in [1.165, 1.54) is 49.4 Å². The number of carbonyl (C=O) groups excluding carboxylic acids is 2. The van der Waals surface area contributed by atoms with Crippen LogP contribution in [0.2, 0.25) is 0 Å². The minimum absolute atomic E-state index is 0.0299. The Bertz CT molecular complexity index is 1290. The Balaban J connectivity index is 1.66. The molecule has 3 rings (SSSR count). The van der Waals surface area contributed by atoms with Crippen LogP contribution < -0.4 is 20.3 Å². The first-order chi connectivity index (χ1) is 16.0. The molecule has 34 heavy (non-hydrogen) atoms. The first-order valence-electron chi connectivity index (χ1n) is 10.3. The number of rotatable bonds is 7. The number of nitrogens with one attached hydrogen (secondary N) is 3. The molecule has 3 aromatic rings. The molecule has 10 heteroatoms. The maximum absolute atomic E-state index is 13.0. The molecule has 0 aliphatic heterocycles. The van der Waals surface area contributed by atoms with E-state index in [2.05, 4.69) is 15.6 Å². The second-order valence-electron chi connectivity index (χ2n) is 7.61. The Kier molecular flexibility index (Phi) is 7.52. The molecule has 3 N–H and O–H groups in total. The number of hydrazine groups is 1. The summed E-state index contributed by atoms with van der Waals surface area (Å²) >= 11 is 0. The fraction of sp³-hybridized carbons (Fsp3) is 0.167. The molecule has 0 heterocycles. The van der Waals surface area contributed by atoms with E-state index in [9.17, 15) is 22.4 Å². The van der Waals surface area contributed by atoms with Crippen molar-refractivity contribution in [2.45, 2.75) is 31.8 Å². The van der Waals surface area contributed by atoms with E-state index < -0.39 is 33.8 Å². The van der Waals surface area contributed by atoms with Crippen molar-refractivity contribution in [3.8, 4) is 5.75 Å². The molecule has 0 saturated carbocycles. The minimum atomic E-state index is -3.96. The quantitative estimate of drug-likeness (QED) is 0.444. The third-order valence-electron chi connectivity index (χ3n) is 4.84. The molecule has 178 valence electrons. The highest BCUT2D eigenvalue weighted by atomic mass is 32.2. The molecule has 8 nitrogen and oxygen atoms in total. The van der Waals surface area contributed by atoms with Gasteiger partial charge in [-0.25, -0.2) is 12.8 Å². The van der Waals surface area contributed by atoms with Gasteiger partial charge in [-0.2, -0.15) is 0 Å². The van der Waals surface area contributed by atoms with Crippen molar-refractivity contribution in [1.82, 2.24) is 10.9 Å². The number of benzene rings is 3. The number of anilines is 1. The molecular formula is C24H24FN3O5S. The minimum Gasteiger partial charge on any atom is -0.481 e. The lowest BCUT2D eigenvalue weighted by Gasteiger charge is -2.16. The smallest absolute Gasteiger partial charge is 0.279 e. The van der Waals surface area contributed by atoms with E-state index in [0.29, 0.717) is 11.3 Å². The van der Waals surface area contributed by atoms with E-state index >= 15 is 0 Å². The van der Waals surface area contributed by atoms with Crippen LogP contribution in [0.5, 0.6) is 5.75 Å². The molecule has 0 aliphatic rings. The summed E-state index contributed by atoms with van der Waals surface area (Å²) in [5.41, 5.74) is 6.31. The zero-order valence-corrected chi connectivity index (χ0v) is 19.6. The summed E-state index contributed by atoms with van der Waals surface area (Å²) in [6.07, 6.45) is -0.988. The Hall–Kier alpha value is -3.92. The zero-order chi connectivity index (χ0) is 24.9. The Morgan fingerprint density at radius 1 is 0.912 bits per heavy atom. The van der Waals surface area contributed by atoms with Gasteiger partial charge in [-0.1, -0.05) is 23.8 Å². The maximum atomic E-state index is 13.0. The van der Waals surface area contributed by atoms with Gasteiger partial charge in [-0.3, -0.25) is 25.2 Å². The summed E-state index contributed by atoms with van der Waals surface area (Å²) in [4.78, 5) is 24.7. The third-order valence-corrected chi connectivity index (χ3v) is 6.36. The molecule has 2 amide bonds. The van der Waals surface area contributed by atoms with Crippen LogP contribution in [0.1, 0.15) is 28.4 Å². The summed E-state index contributed by atoms with van der Waals surface area (Å²) in [5, 5.41) is 0. The number of sulfonamides is 1. The molecule has 0 saturated heterocycles. The van der Waals surface area contributed by atoms with Crippen molar-refractivity contribution in [3.05, 3.63) is 89.2 Å². The highest BCUT2D eigenvalue weighted by molar-refractivity contribution is 7.92. The van der Waals surface area contributed by atoms with Crippen molar-refractivity contribution in [2.75, 3.05) is 4.72 Å². The van der Waals surface area contributed by atoms with Crippen LogP contribution in [0.3, 0.4) is 0 Å². The number of hydrogen-bond donors (Lipinski definition) is 3. The Morgan fingerprint density at radius 3 is 2.21 bits per heavy atom. The molecule has 3 aromatic carbocycles. The van der Waals surface area contributed by atoms with Gasteiger partial charge in [0.05, 0.1) is 4.90 Å². The molecule has 0 aliphatic carbocycles. The van der Waals surface area contributed by atoms with Gasteiger partial charge in [0.25, 0.3) is 21.8 Å². The van der Waals surface area contributed by atoms with Crippen LogP contribution in [0, 0.1) is 19.7 Å². The van der Waals surface area contributed by atoms with E-state index in [1.54, 1.807) is 31.2 Å². The highest BCUT2D eigenvalue weighted by Gasteiger charge is 2.21. The van der Waals surface area contributed by atoms with Crippen molar-refractivity contribution in [2.24, 2.45) is 0 Å². The predicted molar refractivity (Wildman–Crippen MR) is 125 cm³/mol. The van der Waals surface area contributed by atoms with E-state index in [0.717, 1.165) is 5.56 Å². The summed E-state index contributed by atoms with van der Waals surface area (Å²) in [6.45, 7) is 4.96. The summed E-state index contributed by atoms with van der Waals surface area (Å²) < 4.78 is 46.6. The highest BCUT2D eigenvalue weighted by Crippen LogP contribution is 2.21. The van der Waals surface area contributed by atoms with Gasteiger partial charge in [0.2, 0.25) is 0 Å². The summed E-state index contributed by atoms with van der Waals surface area (Å²) in [5.74, 6) is -1.53. The first kappa shape index (κ1) is 24.7. The number of aryl methyl sites for hydroxylation is 2. The summed E-state index contributed by atoms with van der Waals surface area (Å²) in [7, 11) is -3.96. The molecule has 0 spiro atoms. The second kappa shape index (κ2) is 10.3. The van der Waals surface area contributed by atoms with Gasteiger partial charge in [0.15, 0.2) is 6.10 Å². The molecule has 0 bridgehead atoms. The lowest BCUT2D eigenvalue weighted by atomic mass is 10.1. The van der Waals surface area contributed by atoms with Crippen molar-refractivity contribution in [3.63, 3.8) is 0 Å². The zero-order valence-electron chi connectivity index (χ0n) is 18.8. The van der Waals surface area contributed by atoms with Crippen molar-refractivity contribution >= 4 is 27.5 Å². The normalized spacial score (nSPS) is 11.9. The molecule has 0 fully saturated rings. The van der Waals surface area contributed by atoms with E-state index in [1.807, 2.05) is 6.92 Å². The Labute approximate surface area is 197 Å². The van der Waals surface area contributed by atoms with Gasteiger partial charge < -0.3 is 4.74 Å². The lowest BCUT2D eigenvalue weighted by molar-refractivity contribution is -0.128. The Morgan fingerprint density at radius 2 is 1.56 bits per heavy atom.